The number of carbonyl (C=O) groups is 4. The molecule has 0 saturated carbocycles. The van der Waals surface area contributed by atoms with Crippen LogP contribution in [-0.2, 0) is 33.8 Å². The number of para-hydroxylation sites is 1. The number of aliphatic carboxylic acids is 1. The molecule has 2 aromatic carbocycles. The molecule has 35 heavy (non-hydrogen) atoms. The topological polar surface area (TPSA) is 203 Å². The van der Waals surface area contributed by atoms with Crippen molar-refractivity contribution < 1.29 is 49.3 Å². The summed E-state index contributed by atoms with van der Waals surface area (Å²) in [5, 5.41) is 51.9. The second kappa shape index (κ2) is 13.2. The van der Waals surface area contributed by atoms with Crippen molar-refractivity contribution in [2.75, 3.05) is 6.61 Å². The number of aromatic carboxylic acids is 1. The van der Waals surface area contributed by atoms with Gasteiger partial charge in [-0.25, -0.2) is 4.79 Å². The number of benzene rings is 2. The molecule has 0 spiro atoms. The van der Waals surface area contributed by atoms with Crippen molar-refractivity contribution in [3.8, 4) is 5.75 Å². The predicted molar refractivity (Wildman–Crippen MR) is 121 cm³/mol. The van der Waals surface area contributed by atoms with Gasteiger partial charge in [0.1, 0.15) is 17.4 Å². The summed E-state index contributed by atoms with van der Waals surface area (Å²) in [5.41, 5.74) is 1.19. The molecular formula is C22H25BN2O10. The predicted octanol–water partition coefficient (Wildman–Crippen LogP) is -1.26. The van der Waals surface area contributed by atoms with Gasteiger partial charge < -0.3 is 35.4 Å². The van der Waals surface area contributed by atoms with E-state index >= 15 is 0 Å². The standard InChI is InChI=1S/C22H25BN2O10/c26-11-17(22(31)32)24-10-14-6-4-13(5-7-14)8-19(28)25-18(23(33)34)9-15-2-1-3-16(21(29)30)20(15)35-12-27/h1-7,12,17-18,24,26,33-34H,8-11H2,(H,25,28)(H,29,30)(H,31,32). The molecule has 0 aliphatic carbocycles. The monoisotopic (exact) mass is 488 g/mol. The molecule has 186 valence electrons. The van der Waals surface area contributed by atoms with Crippen molar-refractivity contribution in [3.05, 3.63) is 64.7 Å². The number of carboxylic acids is 2. The summed E-state index contributed by atoms with van der Waals surface area (Å²) in [7, 11) is -1.99. The lowest BCUT2D eigenvalue weighted by Crippen LogP contribution is -2.48. The van der Waals surface area contributed by atoms with Crippen LogP contribution < -0.4 is 15.4 Å². The summed E-state index contributed by atoms with van der Waals surface area (Å²) in [5.74, 6) is -4.56. The Hall–Kier alpha value is -3.78. The Morgan fingerprint density at radius 1 is 1.03 bits per heavy atom. The Labute approximate surface area is 200 Å². The van der Waals surface area contributed by atoms with Gasteiger partial charge in [-0.1, -0.05) is 36.4 Å². The van der Waals surface area contributed by atoms with E-state index in [0.29, 0.717) is 5.56 Å². The fraction of sp³-hybridized carbons (Fsp3) is 0.273. The maximum absolute atomic E-state index is 12.5. The zero-order chi connectivity index (χ0) is 26.0. The molecule has 7 N–H and O–H groups in total. The highest BCUT2D eigenvalue weighted by atomic mass is 16.5. The van der Waals surface area contributed by atoms with Gasteiger partial charge in [0.15, 0.2) is 0 Å². The van der Waals surface area contributed by atoms with Crippen molar-refractivity contribution in [1.29, 1.82) is 0 Å². The molecule has 2 aromatic rings. The van der Waals surface area contributed by atoms with Crippen LogP contribution in [0.25, 0.3) is 0 Å². The lowest BCUT2D eigenvalue weighted by atomic mass is 9.75. The SMILES string of the molecule is O=COc1c(CC(NC(=O)Cc2ccc(CNC(CO)C(=O)O)cc2)B(O)O)cccc1C(=O)O. The molecule has 2 unspecified atom stereocenters. The van der Waals surface area contributed by atoms with E-state index in [4.69, 9.17) is 14.9 Å². The Kier molecular flexibility index (Phi) is 10.4. The fourth-order valence-electron chi connectivity index (χ4n) is 3.26. The number of amides is 1. The van der Waals surface area contributed by atoms with Crippen LogP contribution in [0.15, 0.2) is 42.5 Å². The van der Waals surface area contributed by atoms with Crippen LogP contribution in [0.4, 0.5) is 0 Å². The van der Waals surface area contributed by atoms with Crippen LogP contribution in [0.3, 0.4) is 0 Å². The van der Waals surface area contributed by atoms with E-state index in [1.54, 1.807) is 24.3 Å². The smallest absolute Gasteiger partial charge is 0.475 e. The lowest BCUT2D eigenvalue weighted by Gasteiger charge is -2.20. The second-order valence-corrected chi connectivity index (χ2v) is 7.55. The number of hydrogen-bond donors (Lipinski definition) is 7. The second-order valence-electron chi connectivity index (χ2n) is 7.55. The molecule has 12 nitrogen and oxygen atoms in total. The van der Waals surface area contributed by atoms with Gasteiger partial charge in [-0.2, -0.15) is 0 Å². The number of carbonyl (C=O) groups excluding carboxylic acids is 2. The highest BCUT2D eigenvalue weighted by molar-refractivity contribution is 6.43. The van der Waals surface area contributed by atoms with Crippen molar-refractivity contribution >= 4 is 31.4 Å². The van der Waals surface area contributed by atoms with Gasteiger partial charge in [0, 0.05) is 6.54 Å². The van der Waals surface area contributed by atoms with Gasteiger partial charge in [0.25, 0.3) is 6.47 Å². The average Bonchev–Trinajstić information content (AvgIpc) is 2.80. The first-order valence-electron chi connectivity index (χ1n) is 10.4. The lowest BCUT2D eigenvalue weighted by molar-refractivity contribution is -0.140. The zero-order valence-electron chi connectivity index (χ0n) is 18.5. The average molecular weight is 488 g/mol. The number of rotatable bonds is 14. The van der Waals surface area contributed by atoms with Crippen LogP contribution in [0.1, 0.15) is 27.0 Å². The molecule has 2 rings (SSSR count). The number of hydrogen-bond acceptors (Lipinski definition) is 9. The first-order valence-corrected chi connectivity index (χ1v) is 10.4. The minimum atomic E-state index is -1.99. The number of nitrogens with one attached hydrogen (secondary N) is 2. The van der Waals surface area contributed by atoms with Crippen molar-refractivity contribution in [2.45, 2.75) is 31.4 Å². The molecule has 0 aliphatic rings. The molecule has 0 bridgehead atoms. The minimum Gasteiger partial charge on any atom is -0.480 e. The maximum atomic E-state index is 12.5. The van der Waals surface area contributed by atoms with Crippen LogP contribution in [0, 0.1) is 0 Å². The normalized spacial score (nSPS) is 12.3. The van der Waals surface area contributed by atoms with Gasteiger partial charge in [-0.05, 0) is 29.2 Å². The van der Waals surface area contributed by atoms with Crippen LogP contribution >= 0.6 is 0 Å². The summed E-state index contributed by atoms with van der Waals surface area (Å²) in [4.78, 5) is 45.6. The molecule has 0 saturated heterocycles. The minimum absolute atomic E-state index is 0.0546. The third-order valence-corrected chi connectivity index (χ3v) is 5.06. The number of aliphatic hydroxyl groups is 1. The van der Waals surface area contributed by atoms with E-state index in [9.17, 15) is 34.3 Å². The largest absolute Gasteiger partial charge is 0.480 e. The fourth-order valence-corrected chi connectivity index (χ4v) is 3.26. The van der Waals surface area contributed by atoms with Gasteiger partial charge >= 0.3 is 19.1 Å². The Bertz CT molecular complexity index is 1050. The molecule has 2 atom stereocenters. The van der Waals surface area contributed by atoms with E-state index in [1.165, 1.54) is 18.2 Å². The summed E-state index contributed by atoms with van der Waals surface area (Å²) in [6.07, 6.45) is -0.341. The van der Waals surface area contributed by atoms with E-state index in [0.717, 1.165) is 5.56 Å². The van der Waals surface area contributed by atoms with Gasteiger partial charge in [-0.15, -0.1) is 0 Å². The maximum Gasteiger partial charge on any atom is 0.475 e. The Morgan fingerprint density at radius 3 is 2.23 bits per heavy atom. The first kappa shape index (κ1) is 27.5. The highest BCUT2D eigenvalue weighted by Gasteiger charge is 2.28. The van der Waals surface area contributed by atoms with E-state index in [1.807, 2.05) is 0 Å². The number of aliphatic hydroxyl groups excluding tert-OH is 1. The zero-order valence-corrected chi connectivity index (χ0v) is 18.5. The molecule has 0 radical (unpaired) electrons. The van der Waals surface area contributed by atoms with Crippen LogP contribution in [0.5, 0.6) is 5.75 Å². The van der Waals surface area contributed by atoms with Crippen LogP contribution in [-0.4, -0.2) is 75.4 Å². The summed E-state index contributed by atoms with van der Waals surface area (Å²) in [6.45, 7) is -0.322. The summed E-state index contributed by atoms with van der Waals surface area (Å²) >= 11 is 0. The molecule has 0 fully saturated rings. The van der Waals surface area contributed by atoms with Crippen molar-refractivity contribution in [1.82, 2.24) is 10.6 Å². The van der Waals surface area contributed by atoms with Crippen molar-refractivity contribution in [3.63, 3.8) is 0 Å². The van der Waals surface area contributed by atoms with Gasteiger partial charge in [-0.3, -0.25) is 19.7 Å². The molecule has 1 amide bonds. The summed E-state index contributed by atoms with van der Waals surface area (Å²) < 4.78 is 4.79. The quantitative estimate of drug-likeness (QED) is 0.124. The third-order valence-electron chi connectivity index (χ3n) is 5.06. The van der Waals surface area contributed by atoms with Gasteiger partial charge in [0.05, 0.1) is 19.0 Å². The summed E-state index contributed by atoms with van der Waals surface area (Å²) in [6, 6.07) is 9.58. The van der Waals surface area contributed by atoms with E-state index in [2.05, 4.69) is 10.6 Å². The Morgan fingerprint density at radius 2 is 1.69 bits per heavy atom. The molecule has 0 heterocycles. The third kappa shape index (κ3) is 8.19. The number of carboxylic acid groups (broad SMARTS) is 2. The van der Waals surface area contributed by atoms with Crippen molar-refractivity contribution in [2.24, 2.45) is 0 Å². The molecule has 0 aromatic heterocycles. The highest BCUT2D eigenvalue weighted by Crippen LogP contribution is 2.25. The number of ether oxygens (including phenoxy) is 1. The van der Waals surface area contributed by atoms with Crippen LogP contribution in [0.2, 0.25) is 0 Å². The molecule has 0 aliphatic heterocycles. The first-order chi connectivity index (χ1) is 16.7. The molecular weight excluding hydrogens is 463 g/mol. The van der Waals surface area contributed by atoms with Gasteiger partial charge in [0.2, 0.25) is 5.91 Å². The van der Waals surface area contributed by atoms with E-state index < -0.39 is 43.6 Å². The van der Waals surface area contributed by atoms with E-state index in [-0.39, 0.29) is 42.7 Å². The Balaban J connectivity index is 2.04. The molecule has 13 heteroatoms.